The van der Waals surface area contributed by atoms with Gasteiger partial charge in [-0.15, -0.1) is 0 Å². The third kappa shape index (κ3) is 1.12. The maximum Gasteiger partial charge on any atom is 0.293 e. The summed E-state index contributed by atoms with van der Waals surface area (Å²) in [5.74, 6) is 4.62. The summed E-state index contributed by atoms with van der Waals surface area (Å²) in [5, 5.41) is 0. The number of carbonyl (C=O) groups is 1. The first-order valence-electron chi connectivity index (χ1n) is 5.95. The molecule has 0 saturated heterocycles. The van der Waals surface area contributed by atoms with Gasteiger partial charge in [-0.05, 0) is 55.3 Å². The highest BCUT2D eigenvalue weighted by molar-refractivity contribution is 5.36. The highest BCUT2D eigenvalue weighted by atomic mass is 16.5. The first-order valence-corrected chi connectivity index (χ1v) is 5.95. The van der Waals surface area contributed by atoms with E-state index >= 15 is 0 Å². The van der Waals surface area contributed by atoms with Gasteiger partial charge in [-0.3, -0.25) is 4.79 Å². The number of rotatable bonds is 3. The summed E-state index contributed by atoms with van der Waals surface area (Å²) in [6.07, 6.45) is 7.14. The van der Waals surface area contributed by atoms with Crippen LogP contribution in [0.4, 0.5) is 0 Å². The minimum atomic E-state index is 0.609. The summed E-state index contributed by atoms with van der Waals surface area (Å²) >= 11 is 0. The average molecular weight is 194 g/mol. The molecule has 0 heterocycles. The standard InChI is InChI=1S/C12H18O2/c13-7-14-6-9-4-8-5-12(9)11-3-1-2-10(8)11/h7-12H,1-6H2. The molecule has 0 radical (unpaired) electrons. The van der Waals surface area contributed by atoms with Gasteiger partial charge in [-0.2, -0.15) is 0 Å². The zero-order valence-corrected chi connectivity index (χ0v) is 8.52. The summed E-state index contributed by atoms with van der Waals surface area (Å²) < 4.78 is 4.94. The zero-order valence-electron chi connectivity index (χ0n) is 8.52. The SMILES string of the molecule is O=COCC1CC2CC1C1CCCC21. The maximum absolute atomic E-state index is 10.2. The Morgan fingerprint density at radius 1 is 1.14 bits per heavy atom. The van der Waals surface area contributed by atoms with E-state index in [-0.39, 0.29) is 0 Å². The van der Waals surface area contributed by atoms with E-state index in [0.717, 1.165) is 23.7 Å². The van der Waals surface area contributed by atoms with Crippen LogP contribution in [0.25, 0.3) is 0 Å². The first kappa shape index (κ1) is 8.75. The Morgan fingerprint density at radius 2 is 2.00 bits per heavy atom. The second kappa shape index (κ2) is 3.25. The van der Waals surface area contributed by atoms with Crippen LogP contribution in [0.3, 0.4) is 0 Å². The molecular formula is C12H18O2. The smallest absolute Gasteiger partial charge is 0.293 e. The van der Waals surface area contributed by atoms with Crippen molar-refractivity contribution in [2.45, 2.75) is 32.1 Å². The van der Waals surface area contributed by atoms with Gasteiger partial charge in [0.1, 0.15) is 0 Å². The predicted octanol–water partition coefficient (Wildman–Crippen LogP) is 2.23. The lowest BCUT2D eigenvalue weighted by atomic mass is 9.76. The van der Waals surface area contributed by atoms with E-state index in [1.807, 2.05) is 0 Å². The van der Waals surface area contributed by atoms with Gasteiger partial charge in [0.05, 0.1) is 6.61 Å². The van der Waals surface area contributed by atoms with Crippen molar-refractivity contribution in [1.29, 1.82) is 0 Å². The van der Waals surface area contributed by atoms with Crippen molar-refractivity contribution in [1.82, 2.24) is 0 Å². The molecule has 5 unspecified atom stereocenters. The summed E-state index contributed by atoms with van der Waals surface area (Å²) in [5.41, 5.74) is 0. The number of hydrogen-bond donors (Lipinski definition) is 0. The number of ether oxygens (including phenoxy) is 1. The van der Waals surface area contributed by atoms with Crippen LogP contribution in [0.5, 0.6) is 0 Å². The lowest BCUT2D eigenvalue weighted by Crippen LogP contribution is -2.27. The molecule has 0 aliphatic heterocycles. The lowest BCUT2D eigenvalue weighted by molar-refractivity contribution is -0.130. The van der Waals surface area contributed by atoms with Crippen LogP contribution in [0.2, 0.25) is 0 Å². The first-order chi connectivity index (χ1) is 6.90. The molecule has 2 bridgehead atoms. The van der Waals surface area contributed by atoms with Crippen molar-refractivity contribution >= 4 is 6.47 Å². The molecule has 0 spiro atoms. The molecule has 3 aliphatic rings. The Kier molecular flexibility index (Phi) is 2.03. The Bertz CT molecular complexity index is 238. The minimum absolute atomic E-state index is 0.609. The molecule has 3 rings (SSSR count). The molecule has 3 aliphatic carbocycles. The molecule has 2 heteroatoms. The summed E-state index contributed by atoms with van der Waals surface area (Å²) in [4.78, 5) is 10.2. The van der Waals surface area contributed by atoms with Gasteiger partial charge in [0.2, 0.25) is 0 Å². The summed E-state index contributed by atoms with van der Waals surface area (Å²) in [6, 6.07) is 0. The molecule has 0 aromatic rings. The van der Waals surface area contributed by atoms with E-state index in [0.29, 0.717) is 19.0 Å². The van der Waals surface area contributed by atoms with Gasteiger partial charge in [-0.25, -0.2) is 0 Å². The molecule has 3 fully saturated rings. The zero-order chi connectivity index (χ0) is 9.54. The van der Waals surface area contributed by atoms with Crippen molar-refractivity contribution in [2.24, 2.45) is 29.6 Å². The van der Waals surface area contributed by atoms with Crippen LogP contribution >= 0.6 is 0 Å². The Morgan fingerprint density at radius 3 is 2.86 bits per heavy atom. The molecule has 3 saturated carbocycles. The van der Waals surface area contributed by atoms with Crippen molar-refractivity contribution in [3.05, 3.63) is 0 Å². The maximum atomic E-state index is 10.2. The third-order valence-electron chi connectivity index (χ3n) is 4.94. The number of carbonyl (C=O) groups excluding carboxylic acids is 1. The van der Waals surface area contributed by atoms with Crippen molar-refractivity contribution in [3.63, 3.8) is 0 Å². The Labute approximate surface area is 85.0 Å². The average Bonchev–Trinajstić information content (AvgIpc) is 2.85. The molecule has 5 atom stereocenters. The lowest BCUT2D eigenvalue weighted by Gasteiger charge is -2.30. The van der Waals surface area contributed by atoms with E-state index in [4.69, 9.17) is 4.74 Å². The second-order valence-electron chi connectivity index (χ2n) is 5.34. The van der Waals surface area contributed by atoms with Crippen molar-refractivity contribution in [2.75, 3.05) is 6.61 Å². The van der Waals surface area contributed by atoms with E-state index in [2.05, 4.69) is 0 Å². The van der Waals surface area contributed by atoms with Crippen molar-refractivity contribution in [3.8, 4) is 0 Å². The van der Waals surface area contributed by atoms with Gasteiger partial charge in [-0.1, -0.05) is 6.42 Å². The van der Waals surface area contributed by atoms with E-state index in [1.165, 1.54) is 32.1 Å². The predicted molar refractivity (Wildman–Crippen MR) is 52.6 cm³/mol. The van der Waals surface area contributed by atoms with Crippen LogP contribution in [0.1, 0.15) is 32.1 Å². The molecule has 0 aromatic heterocycles. The van der Waals surface area contributed by atoms with Gasteiger partial charge < -0.3 is 4.74 Å². The van der Waals surface area contributed by atoms with Gasteiger partial charge >= 0.3 is 0 Å². The summed E-state index contributed by atoms with van der Waals surface area (Å²) in [6.45, 7) is 1.30. The van der Waals surface area contributed by atoms with Crippen LogP contribution in [-0.2, 0) is 9.53 Å². The highest BCUT2D eigenvalue weighted by Gasteiger charge is 2.53. The Balaban J connectivity index is 1.68. The minimum Gasteiger partial charge on any atom is -0.468 e. The quantitative estimate of drug-likeness (QED) is 0.644. The molecule has 0 aromatic carbocycles. The molecule has 78 valence electrons. The van der Waals surface area contributed by atoms with Crippen LogP contribution in [0.15, 0.2) is 0 Å². The van der Waals surface area contributed by atoms with Crippen LogP contribution < -0.4 is 0 Å². The third-order valence-corrected chi connectivity index (χ3v) is 4.94. The van der Waals surface area contributed by atoms with Crippen molar-refractivity contribution < 1.29 is 9.53 Å². The van der Waals surface area contributed by atoms with Gasteiger partial charge in [0, 0.05) is 0 Å². The van der Waals surface area contributed by atoms with Crippen LogP contribution in [0, 0.1) is 29.6 Å². The monoisotopic (exact) mass is 194 g/mol. The van der Waals surface area contributed by atoms with E-state index in [1.54, 1.807) is 0 Å². The summed E-state index contributed by atoms with van der Waals surface area (Å²) in [7, 11) is 0. The molecular weight excluding hydrogens is 176 g/mol. The topological polar surface area (TPSA) is 26.3 Å². The number of hydrogen-bond acceptors (Lipinski definition) is 2. The molecule has 2 nitrogen and oxygen atoms in total. The molecule has 0 N–H and O–H groups in total. The normalized spacial score (nSPS) is 49.3. The van der Waals surface area contributed by atoms with E-state index in [9.17, 15) is 4.79 Å². The number of fused-ring (bicyclic) bond motifs is 5. The molecule has 14 heavy (non-hydrogen) atoms. The van der Waals surface area contributed by atoms with Crippen LogP contribution in [-0.4, -0.2) is 13.1 Å². The van der Waals surface area contributed by atoms with E-state index < -0.39 is 0 Å². The van der Waals surface area contributed by atoms with Gasteiger partial charge in [0.15, 0.2) is 0 Å². The fourth-order valence-electron chi connectivity index (χ4n) is 4.56. The highest BCUT2D eigenvalue weighted by Crippen LogP contribution is 2.60. The Hall–Kier alpha value is -0.530. The van der Waals surface area contributed by atoms with Gasteiger partial charge in [0.25, 0.3) is 6.47 Å². The fourth-order valence-corrected chi connectivity index (χ4v) is 4.56. The largest absolute Gasteiger partial charge is 0.468 e. The molecule has 0 amide bonds. The second-order valence-corrected chi connectivity index (χ2v) is 5.34. The fraction of sp³-hybridized carbons (Fsp3) is 0.917.